The van der Waals surface area contributed by atoms with Crippen molar-refractivity contribution in [3.8, 4) is 0 Å². The number of hydrogen-bond donors (Lipinski definition) is 0. The summed E-state index contributed by atoms with van der Waals surface area (Å²) in [4.78, 5) is 0. The van der Waals surface area contributed by atoms with Crippen LogP contribution in [-0.2, 0) is 0 Å². The first-order valence-corrected chi connectivity index (χ1v) is 6.60. The van der Waals surface area contributed by atoms with Gasteiger partial charge in [0.2, 0.25) is 0 Å². The number of rotatable bonds is 4. The molecule has 2 aromatic rings. The highest BCUT2D eigenvalue weighted by atomic mass is 14.1. The molecule has 0 amide bonds. The van der Waals surface area contributed by atoms with Crippen molar-refractivity contribution in [2.45, 2.75) is 26.2 Å². The van der Waals surface area contributed by atoms with Crippen LogP contribution in [0.4, 0.5) is 0 Å². The van der Waals surface area contributed by atoms with Gasteiger partial charge >= 0.3 is 0 Å². The zero-order valence-corrected chi connectivity index (χ0v) is 11.1. The summed E-state index contributed by atoms with van der Waals surface area (Å²) >= 11 is 0. The minimum absolute atomic E-state index is 0.505. The van der Waals surface area contributed by atoms with Crippen LogP contribution in [0.2, 0.25) is 0 Å². The quantitative estimate of drug-likeness (QED) is 0.684. The van der Waals surface area contributed by atoms with Gasteiger partial charge in [0, 0.05) is 5.92 Å². The van der Waals surface area contributed by atoms with Crippen molar-refractivity contribution >= 4 is 6.08 Å². The van der Waals surface area contributed by atoms with Crippen molar-refractivity contribution in [1.82, 2.24) is 0 Å². The van der Waals surface area contributed by atoms with Crippen LogP contribution in [0.5, 0.6) is 0 Å². The summed E-state index contributed by atoms with van der Waals surface area (Å²) in [5, 5.41) is 0. The number of benzene rings is 2. The fourth-order valence-corrected chi connectivity index (χ4v) is 2.18. The molecular weight excluding hydrogens is 216 g/mol. The van der Waals surface area contributed by atoms with Gasteiger partial charge in [-0.3, -0.25) is 0 Å². The van der Waals surface area contributed by atoms with E-state index in [1.807, 2.05) is 0 Å². The maximum atomic E-state index is 2.32. The molecule has 0 aliphatic rings. The van der Waals surface area contributed by atoms with Gasteiger partial charge in [-0.25, -0.2) is 0 Å². The third-order valence-corrected chi connectivity index (χ3v) is 3.36. The zero-order chi connectivity index (χ0) is 12.8. The summed E-state index contributed by atoms with van der Waals surface area (Å²) in [5.74, 6) is 0.505. The smallest absolute Gasteiger partial charge is 0.00186 e. The van der Waals surface area contributed by atoms with Crippen LogP contribution in [0.25, 0.3) is 6.08 Å². The van der Waals surface area contributed by atoms with Crippen LogP contribution >= 0.6 is 0 Å². The molecule has 0 heteroatoms. The molecule has 1 unspecified atom stereocenters. The Labute approximate surface area is 110 Å². The summed E-state index contributed by atoms with van der Waals surface area (Å²) in [6.45, 7) is 4.39. The van der Waals surface area contributed by atoms with Crippen LogP contribution in [0, 0.1) is 6.92 Å². The Bertz CT molecular complexity index is 509. The Balaban J connectivity index is 2.19. The molecule has 92 valence electrons. The summed E-state index contributed by atoms with van der Waals surface area (Å²) in [6, 6.07) is 19.2. The molecule has 0 aromatic heterocycles. The van der Waals surface area contributed by atoms with Crippen LogP contribution in [0.3, 0.4) is 0 Å². The van der Waals surface area contributed by atoms with Gasteiger partial charge in [-0.2, -0.15) is 0 Å². The second kappa shape index (κ2) is 6.20. The van der Waals surface area contributed by atoms with Gasteiger partial charge in [0.25, 0.3) is 0 Å². The van der Waals surface area contributed by atoms with Crippen LogP contribution < -0.4 is 0 Å². The van der Waals surface area contributed by atoms with Gasteiger partial charge in [-0.1, -0.05) is 73.7 Å². The standard InChI is InChI=1S/C18H20/c1-3-16(18-11-5-4-6-12-18)13-14-17-10-8-7-9-15(17)2/h4-14,16H,3H2,1-2H3/b14-13+. The minimum atomic E-state index is 0.505. The van der Waals surface area contributed by atoms with Crippen molar-refractivity contribution < 1.29 is 0 Å². The average Bonchev–Trinajstić information content (AvgIpc) is 2.42. The second-order valence-electron chi connectivity index (χ2n) is 4.64. The van der Waals surface area contributed by atoms with Crippen LogP contribution in [0.15, 0.2) is 60.7 Å². The fraction of sp³-hybridized carbons (Fsp3) is 0.222. The molecule has 2 aromatic carbocycles. The van der Waals surface area contributed by atoms with Gasteiger partial charge < -0.3 is 0 Å². The molecule has 0 N–H and O–H groups in total. The Morgan fingerprint density at radius 1 is 0.944 bits per heavy atom. The monoisotopic (exact) mass is 236 g/mol. The normalized spacial score (nSPS) is 12.8. The van der Waals surface area contributed by atoms with E-state index in [4.69, 9.17) is 0 Å². The van der Waals surface area contributed by atoms with Crippen molar-refractivity contribution in [2.24, 2.45) is 0 Å². The van der Waals surface area contributed by atoms with E-state index in [-0.39, 0.29) is 0 Å². The van der Waals surface area contributed by atoms with Gasteiger partial charge in [-0.15, -0.1) is 0 Å². The Morgan fingerprint density at radius 3 is 2.28 bits per heavy atom. The second-order valence-corrected chi connectivity index (χ2v) is 4.64. The Morgan fingerprint density at radius 2 is 1.61 bits per heavy atom. The number of hydrogen-bond acceptors (Lipinski definition) is 0. The number of aryl methyl sites for hydroxylation is 1. The molecule has 0 aliphatic carbocycles. The molecule has 0 fully saturated rings. The molecular formula is C18H20. The summed E-state index contributed by atoms with van der Waals surface area (Å²) in [7, 11) is 0. The average molecular weight is 236 g/mol. The highest BCUT2D eigenvalue weighted by Crippen LogP contribution is 2.22. The molecule has 0 nitrogen and oxygen atoms in total. The molecule has 0 spiro atoms. The predicted molar refractivity (Wildman–Crippen MR) is 79.7 cm³/mol. The van der Waals surface area contributed by atoms with Crippen molar-refractivity contribution in [2.75, 3.05) is 0 Å². The van der Waals surface area contributed by atoms with Gasteiger partial charge in [0.05, 0.1) is 0 Å². The summed E-state index contributed by atoms with van der Waals surface area (Å²) in [6.07, 6.45) is 5.70. The van der Waals surface area contributed by atoms with E-state index in [1.165, 1.54) is 16.7 Å². The number of allylic oxidation sites excluding steroid dienone is 1. The molecule has 0 saturated heterocycles. The van der Waals surface area contributed by atoms with E-state index >= 15 is 0 Å². The predicted octanol–water partition coefficient (Wildman–Crippen LogP) is 5.20. The highest BCUT2D eigenvalue weighted by molar-refractivity contribution is 5.54. The van der Waals surface area contributed by atoms with E-state index in [0.717, 1.165) is 6.42 Å². The molecule has 0 heterocycles. The molecule has 0 saturated carbocycles. The van der Waals surface area contributed by atoms with Crippen LogP contribution in [0.1, 0.15) is 36.0 Å². The van der Waals surface area contributed by atoms with Gasteiger partial charge in [0.1, 0.15) is 0 Å². The van der Waals surface area contributed by atoms with E-state index in [0.29, 0.717) is 5.92 Å². The maximum Gasteiger partial charge on any atom is 0.00186 e. The molecule has 0 radical (unpaired) electrons. The van der Waals surface area contributed by atoms with Crippen molar-refractivity contribution in [3.05, 3.63) is 77.4 Å². The Kier molecular flexibility index (Phi) is 4.35. The third kappa shape index (κ3) is 3.10. The third-order valence-electron chi connectivity index (χ3n) is 3.36. The lowest BCUT2D eigenvalue weighted by Crippen LogP contribution is -1.92. The lowest BCUT2D eigenvalue weighted by molar-refractivity contribution is 0.808. The highest BCUT2D eigenvalue weighted by Gasteiger charge is 2.04. The van der Waals surface area contributed by atoms with Gasteiger partial charge in [-0.05, 0) is 30.0 Å². The first-order chi connectivity index (χ1) is 8.81. The molecule has 0 bridgehead atoms. The van der Waals surface area contributed by atoms with Crippen molar-refractivity contribution in [1.29, 1.82) is 0 Å². The van der Waals surface area contributed by atoms with E-state index < -0.39 is 0 Å². The van der Waals surface area contributed by atoms with Gasteiger partial charge in [0.15, 0.2) is 0 Å². The SMILES string of the molecule is CCC(/C=C/c1ccccc1C)c1ccccc1. The molecule has 2 rings (SSSR count). The lowest BCUT2D eigenvalue weighted by Gasteiger charge is -2.10. The van der Waals surface area contributed by atoms with E-state index in [1.54, 1.807) is 0 Å². The zero-order valence-electron chi connectivity index (χ0n) is 11.1. The molecule has 0 aliphatic heterocycles. The lowest BCUT2D eigenvalue weighted by atomic mass is 9.95. The first kappa shape index (κ1) is 12.6. The van der Waals surface area contributed by atoms with E-state index in [2.05, 4.69) is 80.6 Å². The molecule has 1 atom stereocenters. The topological polar surface area (TPSA) is 0 Å². The fourth-order valence-electron chi connectivity index (χ4n) is 2.18. The Hall–Kier alpha value is -1.82. The summed E-state index contributed by atoms with van der Waals surface area (Å²) in [5.41, 5.74) is 4.04. The van der Waals surface area contributed by atoms with Crippen LogP contribution in [-0.4, -0.2) is 0 Å². The largest absolute Gasteiger partial charge is 0.0764 e. The van der Waals surface area contributed by atoms with Crippen molar-refractivity contribution in [3.63, 3.8) is 0 Å². The first-order valence-electron chi connectivity index (χ1n) is 6.60. The minimum Gasteiger partial charge on any atom is -0.0764 e. The molecule has 18 heavy (non-hydrogen) atoms. The summed E-state index contributed by atoms with van der Waals surface area (Å²) < 4.78 is 0. The van der Waals surface area contributed by atoms with E-state index in [9.17, 15) is 0 Å². The maximum absolute atomic E-state index is 2.32.